The minimum absolute atomic E-state index is 0.223. The quantitative estimate of drug-likeness (QED) is 0.540. The van der Waals surface area contributed by atoms with E-state index in [4.69, 9.17) is 4.74 Å². The Kier molecular flexibility index (Phi) is 2.63. The van der Waals surface area contributed by atoms with Gasteiger partial charge in [-0.15, -0.1) is 6.58 Å². The zero-order valence-corrected chi connectivity index (χ0v) is 6.01. The topological polar surface area (TPSA) is 26.3 Å². The largest absolute Gasteiger partial charge is 0.370 e. The molecule has 10 heavy (non-hydrogen) atoms. The van der Waals surface area contributed by atoms with Gasteiger partial charge < -0.3 is 4.74 Å². The van der Waals surface area contributed by atoms with Gasteiger partial charge in [-0.1, -0.05) is 6.08 Å². The first kappa shape index (κ1) is 7.48. The summed E-state index contributed by atoms with van der Waals surface area (Å²) in [6.45, 7) is 3.91. The average molecular weight is 140 g/mol. The van der Waals surface area contributed by atoms with Crippen molar-refractivity contribution < 1.29 is 9.53 Å². The van der Waals surface area contributed by atoms with Crippen LogP contribution in [0.2, 0.25) is 0 Å². The van der Waals surface area contributed by atoms with Crippen LogP contribution in [-0.2, 0) is 9.53 Å². The van der Waals surface area contributed by atoms with Crippen molar-refractivity contribution in [1.29, 1.82) is 0 Å². The second kappa shape index (κ2) is 3.52. The zero-order chi connectivity index (χ0) is 7.40. The molecule has 2 heteroatoms. The van der Waals surface area contributed by atoms with Gasteiger partial charge in [0, 0.05) is 6.42 Å². The molecule has 1 saturated heterocycles. The van der Waals surface area contributed by atoms with Crippen molar-refractivity contribution >= 4 is 5.78 Å². The van der Waals surface area contributed by atoms with Gasteiger partial charge in [-0.25, -0.2) is 0 Å². The summed E-state index contributed by atoms with van der Waals surface area (Å²) < 4.78 is 5.21. The van der Waals surface area contributed by atoms with E-state index in [1.807, 2.05) is 6.08 Å². The van der Waals surface area contributed by atoms with E-state index in [0.29, 0.717) is 13.0 Å². The molecule has 1 fully saturated rings. The smallest absolute Gasteiger partial charge is 0.158 e. The standard InChI is InChI=1S/C8H12O2/c1-2-3-8-5-4-7(9)6-10-8/h2,8H,1,3-6H2. The van der Waals surface area contributed by atoms with Gasteiger partial charge in [0.1, 0.15) is 6.61 Å². The number of carbonyl (C=O) groups excluding carboxylic acids is 1. The van der Waals surface area contributed by atoms with Crippen LogP contribution >= 0.6 is 0 Å². The Bertz CT molecular complexity index is 130. The van der Waals surface area contributed by atoms with Crippen molar-refractivity contribution in [3.05, 3.63) is 12.7 Å². The van der Waals surface area contributed by atoms with Crippen molar-refractivity contribution in [1.82, 2.24) is 0 Å². The van der Waals surface area contributed by atoms with Gasteiger partial charge in [-0.3, -0.25) is 4.79 Å². The van der Waals surface area contributed by atoms with Crippen LogP contribution < -0.4 is 0 Å². The fourth-order valence-corrected chi connectivity index (χ4v) is 1.06. The van der Waals surface area contributed by atoms with Gasteiger partial charge in [0.2, 0.25) is 0 Å². The lowest BCUT2D eigenvalue weighted by molar-refractivity contribution is -0.131. The molecule has 1 unspecified atom stereocenters. The minimum Gasteiger partial charge on any atom is -0.370 e. The Morgan fingerprint density at radius 3 is 3.10 bits per heavy atom. The lowest BCUT2D eigenvalue weighted by atomic mass is 10.1. The second-order valence-corrected chi connectivity index (χ2v) is 2.53. The molecule has 0 aromatic rings. The molecule has 0 radical (unpaired) electrons. The predicted octanol–water partition coefficient (Wildman–Crippen LogP) is 1.31. The monoisotopic (exact) mass is 140 g/mol. The van der Waals surface area contributed by atoms with Crippen molar-refractivity contribution in [2.75, 3.05) is 6.61 Å². The molecule has 1 aliphatic heterocycles. The molecular formula is C8H12O2. The fourth-order valence-electron chi connectivity index (χ4n) is 1.06. The number of ketones is 1. The van der Waals surface area contributed by atoms with Crippen LogP contribution in [0.1, 0.15) is 19.3 Å². The van der Waals surface area contributed by atoms with Gasteiger partial charge in [-0.05, 0) is 12.8 Å². The van der Waals surface area contributed by atoms with Crippen LogP contribution in [0.5, 0.6) is 0 Å². The molecule has 0 aromatic heterocycles. The van der Waals surface area contributed by atoms with E-state index in [1.54, 1.807) is 0 Å². The van der Waals surface area contributed by atoms with Crippen LogP contribution in [0.15, 0.2) is 12.7 Å². The normalized spacial score (nSPS) is 26.4. The maximum atomic E-state index is 10.7. The summed E-state index contributed by atoms with van der Waals surface area (Å²) in [4.78, 5) is 10.7. The highest BCUT2D eigenvalue weighted by atomic mass is 16.5. The van der Waals surface area contributed by atoms with Crippen LogP contribution in [0.4, 0.5) is 0 Å². The molecule has 2 nitrogen and oxygen atoms in total. The molecule has 0 N–H and O–H groups in total. The molecule has 0 aromatic carbocycles. The highest BCUT2D eigenvalue weighted by Gasteiger charge is 2.17. The van der Waals surface area contributed by atoms with E-state index >= 15 is 0 Å². The van der Waals surface area contributed by atoms with Crippen molar-refractivity contribution in [2.45, 2.75) is 25.4 Å². The average Bonchev–Trinajstić information content (AvgIpc) is 1.95. The van der Waals surface area contributed by atoms with E-state index in [-0.39, 0.29) is 11.9 Å². The highest BCUT2D eigenvalue weighted by molar-refractivity contribution is 5.80. The Labute approximate surface area is 60.9 Å². The van der Waals surface area contributed by atoms with Crippen molar-refractivity contribution in [3.63, 3.8) is 0 Å². The van der Waals surface area contributed by atoms with Gasteiger partial charge in [-0.2, -0.15) is 0 Å². The molecule has 0 spiro atoms. The summed E-state index contributed by atoms with van der Waals surface area (Å²) in [5, 5.41) is 0. The Hall–Kier alpha value is -0.630. The van der Waals surface area contributed by atoms with Gasteiger partial charge >= 0.3 is 0 Å². The van der Waals surface area contributed by atoms with Gasteiger partial charge in [0.15, 0.2) is 5.78 Å². The molecule has 0 aliphatic carbocycles. The maximum Gasteiger partial charge on any atom is 0.158 e. The maximum absolute atomic E-state index is 10.7. The predicted molar refractivity (Wildman–Crippen MR) is 38.8 cm³/mol. The third-order valence-electron chi connectivity index (χ3n) is 1.65. The first-order valence-corrected chi connectivity index (χ1v) is 3.57. The van der Waals surface area contributed by atoms with E-state index in [2.05, 4.69) is 6.58 Å². The summed E-state index contributed by atoms with van der Waals surface area (Å²) in [6.07, 6.45) is 4.49. The molecule has 1 rings (SSSR count). The summed E-state index contributed by atoms with van der Waals surface area (Å²) in [7, 11) is 0. The first-order chi connectivity index (χ1) is 4.83. The highest BCUT2D eigenvalue weighted by Crippen LogP contribution is 2.13. The number of Topliss-reactive ketones (excluding diaryl/α,β-unsaturated/α-hetero) is 1. The summed E-state index contributed by atoms with van der Waals surface area (Å²) in [5.74, 6) is 0.223. The fraction of sp³-hybridized carbons (Fsp3) is 0.625. The lowest BCUT2D eigenvalue weighted by Gasteiger charge is -2.19. The Balaban J connectivity index is 2.25. The summed E-state index contributed by atoms with van der Waals surface area (Å²) >= 11 is 0. The number of hydrogen-bond donors (Lipinski definition) is 0. The van der Waals surface area contributed by atoms with Gasteiger partial charge in [0.25, 0.3) is 0 Å². The Morgan fingerprint density at radius 1 is 1.80 bits per heavy atom. The Morgan fingerprint density at radius 2 is 2.60 bits per heavy atom. The van der Waals surface area contributed by atoms with Crippen LogP contribution in [0.25, 0.3) is 0 Å². The molecular weight excluding hydrogens is 128 g/mol. The number of rotatable bonds is 2. The number of ether oxygens (including phenoxy) is 1. The minimum atomic E-state index is 0.223. The van der Waals surface area contributed by atoms with Gasteiger partial charge in [0.05, 0.1) is 6.10 Å². The molecule has 0 bridgehead atoms. The van der Waals surface area contributed by atoms with Crippen molar-refractivity contribution in [3.8, 4) is 0 Å². The van der Waals surface area contributed by atoms with E-state index in [0.717, 1.165) is 12.8 Å². The summed E-state index contributed by atoms with van der Waals surface area (Å²) in [6, 6.07) is 0. The van der Waals surface area contributed by atoms with Crippen molar-refractivity contribution in [2.24, 2.45) is 0 Å². The number of carbonyl (C=O) groups is 1. The third kappa shape index (κ3) is 1.95. The molecule has 1 atom stereocenters. The molecule has 56 valence electrons. The molecule has 0 amide bonds. The van der Waals surface area contributed by atoms with Crippen LogP contribution in [-0.4, -0.2) is 18.5 Å². The SMILES string of the molecule is C=CCC1CCC(=O)CO1. The van der Waals surface area contributed by atoms with Crippen LogP contribution in [0, 0.1) is 0 Å². The third-order valence-corrected chi connectivity index (χ3v) is 1.65. The molecule has 0 saturated carbocycles. The lowest BCUT2D eigenvalue weighted by Crippen LogP contribution is -2.25. The van der Waals surface area contributed by atoms with E-state index < -0.39 is 0 Å². The first-order valence-electron chi connectivity index (χ1n) is 3.57. The van der Waals surface area contributed by atoms with E-state index in [1.165, 1.54) is 0 Å². The number of hydrogen-bond acceptors (Lipinski definition) is 2. The summed E-state index contributed by atoms with van der Waals surface area (Å²) in [5.41, 5.74) is 0. The van der Waals surface area contributed by atoms with Crippen LogP contribution in [0.3, 0.4) is 0 Å². The molecule has 1 aliphatic rings. The molecule has 1 heterocycles. The van der Waals surface area contributed by atoms with E-state index in [9.17, 15) is 4.79 Å². The zero-order valence-electron chi connectivity index (χ0n) is 6.01. The second-order valence-electron chi connectivity index (χ2n) is 2.53.